The Kier molecular flexibility index (Phi) is 5.16. The summed E-state index contributed by atoms with van der Waals surface area (Å²) in [5.41, 5.74) is 0.966. The van der Waals surface area contributed by atoms with Gasteiger partial charge >= 0.3 is 6.03 Å². The number of carbonyl (C=O) groups is 1. The highest BCUT2D eigenvalue weighted by Gasteiger charge is 1.92. The summed E-state index contributed by atoms with van der Waals surface area (Å²) in [6.07, 6.45) is 4.97. The van der Waals surface area contributed by atoms with Crippen molar-refractivity contribution in [1.82, 2.24) is 10.6 Å². The Hall–Kier alpha value is -1.74. The first-order valence-corrected chi connectivity index (χ1v) is 5.17. The van der Waals surface area contributed by atoms with E-state index in [2.05, 4.69) is 17.2 Å². The van der Waals surface area contributed by atoms with Crippen molar-refractivity contribution in [1.29, 1.82) is 0 Å². The molecule has 1 aromatic rings. The molecule has 2 amide bonds. The molecule has 0 aliphatic heterocycles. The summed E-state index contributed by atoms with van der Waals surface area (Å²) in [5.74, 6) is 0. The van der Waals surface area contributed by atoms with Crippen molar-refractivity contribution in [2.24, 2.45) is 0 Å². The normalized spacial score (nSPS) is 10.1. The smallest absolute Gasteiger partial charge is 0.319 e. The van der Waals surface area contributed by atoms with Crippen LogP contribution in [0.3, 0.4) is 0 Å². The van der Waals surface area contributed by atoms with E-state index in [4.69, 9.17) is 11.6 Å². The lowest BCUT2D eigenvalue weighted by Crippen LogP contribution is -2.31. The number of carbonyl (C=O) groups excluding carboxylic acids is 1. The van der Waals surface area contributed by atoms with E-state index >= 15 is 0 Å². The Morgan fingerprint density at radius 3 is 2.69 bits per heavy atom. The number of hydrogen-bond acceptors (Lipinski definition) is 1. The van der Waals surface area contributed by atoms with Gasteiger partial charge in [0.2, 0.25) is 0 Å². The van der Waals surface area contributed by atoms with Crippen LogP contribution < -0.4 is 10.6 Å². The molecule has 0 unspecified atom stereocenters. The monoisotopic (exact) mass is 236 g/mol. The fourth-order valence-corrected chi connectivity index (χ4v) is 1.13. The summed E-state index contributed by atoms with van der Waals surface area (Å²) in [7, 11) is 0. The molecule has 0 aromatic heterocycles. The van der Waals surface area contributed by atoms with Crippen LogP contribution in [0.15, 0.2) is 43.1 Å². The maximum Gasteiger partial charge on any atom is 0.319 e. The molecule has 0 aliphatic rings. The number of urea groups is 1. The summed E-state index contributed by atoms with van der Waals surface area (Å²) in [6.45, 7) is 3.94. The second-order valence-corrected chi connectivity index (χ2v) is 3.46. The molecule has 0 atom stereocenters. The average Bonchev–Trinajstić information content (AvgIpc) is 2.29. The van der Waals surface area contributed by atoms with Gasteiger partial charge in [-0.25, -0.2) is 4.79 Å². The molecule has 3 nitrogen and oxygen atoms in total. The minimum atomic E-state index is -0.259. The van der Waals surface area contributed by atoms with Crippen LogP contribution in [0.2, 0.25) is 5.02 Å². The highest BCUT2D eigenvalue weighted by molar-refractivity contribution is 6.30. The molecular weight excluding hydrogens is 224 g/mol. The zero-order valence-corrected chi connectivity index (χ0v) is 9.50. The van der Waals surface area contributed by atoms with Gasteiger partial charge in [0, 0.05) is 17.8 Å². The third-order valence-corrected chi connectivity index (χ3v) is 2.02. The lowest BCUT2D eigenvalue weighted by Gasteiger charge is -2.00. The average molecular weight is 237 g/mol. The SMILES string of the molecule is C=CCNC(=O)N/C=C/c1ccc(Cl)cc1. The number of amides is 2. The number of nitrogens with one attached hydrogen (secondary N) is 2. The number of hydrogen-bond donors (Lipinski definition) is 2. The molecule has 0 bridgehead atoms. The molecule has 2 N–H and O–H groups in total. The zero-order chi connectivity index (χ0) is 11.8. The van der Waals surface area contributed by atoms with Gasteiger partial charge in [-0.15, -0.1) is 6.58 Å². The molecule has 4 heteroatoms. The molecule has 16 heavy (non-hydrogen) atoms. The summed E-state index contributed by atoms with van der Waals surface area (Å²) in [5, 5.41) is 5.85. The maximum atomic E-state index is 11.1. The van der Waals surface area contributed by atoms with Crippen molar-refractivity contribution in [3.63, 3.8) is 0 Å². The molecular formula is C12H13ClN2O. The lowest BCUT2D eigenvalue weighted by molar-refractivity contribution is 0.245. The Labute approximate surface area is 99.8 Å². The van der Waals surface area contributed by atoms with Crippen molar-refractivity contribution in [3.05, 3.63) is 53.7 Å². The van der Waals surface area contributed by atoms with Gasteiger partial charge in [0.1, 0.15) is 0 Å². The third kappa shape index (κ3) is 4.66. The maximum absolute atomic E-state index is 11.1. The lowest BCUT2D eigenvalue weighted by atomic mass is 10.2. The van der Waals surface area contributed by atoms with Gasteiger partial charge in [0.25, 0.3) is 0 Å². The second kappa shape index (κ2) is 6.69. The summed E-state index contributed by atoms with van der Waals surface area (Å²) in [6, 6.07) is 7.05. The van der Waals surface area contributed by atoms with Crippen LogP contribution in [-0.4, -0.2) is 12.6 Å². The van der Waals surface area contributed by atoms with E-state index in [1.165, 1.54) is 0 Å². The standard InChI is InChI=1S/C12H13ClN2O/c1-2-8-14-12(16)15-9-7-10-3-5-11(13)6-4-10/h2-7,9H,1,8H2,(H2,14,15,16)/b9-7+. The van der Waals surface area contributed by atoms with Gasteiger partial charge in [0.05, 0.1) is 0 Å². The fourth-order valence-electron chi connectivity index (χ4n) is 1.00. The molecule has 0 fully saturated rings. The summed E-state index contributed by atoms with van der Waals surface area (Å²) < 4.78 is 0. The first kappa shape index (κ1) is 12.3. The number of halogens is 1. The van der Waals surface area contributed by atoms with Gasteiger partial charge in [-0.3, -0.25) is 0 Å². The Bertz CT molecular complexity index is 385. The van der Waals surface area contributed by atoms with Gasteiger partial charge in [0.15, 0.2) is 0 Å². The first-order valence-electron chi connectivity index (χ1n) is 4.80. The quantitative estimate of drug-likeness (QED) is 0.776. The van der Waals surface area contributed by atoms with E-state index in [0.29, 0.717) is 11.6 Å². The van der Waals surface area contributed by atoms with E-state index in [9.17, 15) is 4.79 Å². The van der Waals surface area contributed by atoms with Crippen molar-refractivity contribution in [2.45, 2.75) is 0 Å². The van der Waals surface area contributed by atoms with Gasteiger partial charge < -0.3 is 10.6 Å². The van der Waals surface area contributed by atoms with Crippen molar-refractivity contribution >= 4 is 23.7 Å². The van der Waals surface area contributed by atoms with Crippen LogP contribution in [0.1, 0.15) is 5.56 Å². The summed E-state index contributed by atoms with van der Waals surface area (Å²) in [4.78, 5) is 11.1. The van der Waals surface area contributed by atoms with Crippen LogP contribution in [-0.2, 0) is 0 Å². The zero-order valence-electron chi connectivity index (χ0n) is 8.74. The predicted octanol–water partition coefficient (Wildman–Crippen LogP) is 2.80. The topological polar surface area (TPSA) is 41.1 Å². The Morgan fingerprint density at radius 2 is 2.06 bits per heavy atom. The highest BCUT2D eigenvalue weighted by Crippen LogP contribution is 2.09. The van der Waals surface area contributed by atoms with Gasteiger partial charge in [-0.05, 0) is 23.8 Å². The number of rotatable bonds is 4. The van der Waals surface area contributed by atoms with Crippen LogP contribution in [0, 0.1) is 0 Å². The summed E-state index contributed by atoms with van der Waals surface area (Å²) >= 11 is 5.74. The van der Waals surface area contributed by atoms with E-state index in [1.54, 1.807) is 30.5 Å². The Balaban J connectivity index is 2.39. The van der Waals surface area contributed by atoms with E-state index < -0.39 is 0 Å². The van der Waals surface area contributed by atoms with Gasteiger partial charge in [-0.2, -0.15) is 0 Å². The molecule has 0 aliphatic carbocycles. The molecule has 0 spiro atoms. The molecule has 0 radical (unpaired) electrons. The molecule has 0 saturated heterocycles. The number of benzene rings is 1. The molecule has 1 aromatic carbocycles. The first-order chi connectivity index (χ1) is 7.72. The van der Waals surface area contributed by atoms with Crippen LogP contribution in [0.5, 0.6) is 0 Å². The Morgan fingerprint density at radius 1 is 1.38 bits per heavy atom. The molecule has 84 valence electrons. The largest absolute Gasteiger partial charge is 0.334 e. The van der Waals surface area contributed by atoms with E-state index in [0.717, 1.165) is 5.56 Å². The second-order valence-electron chi connectivity index (χ2n) is 3.03. The third-order valence-electron chi connectivity index (χ3n) is 1.77. The highest BCUT2D eigenvalue weighted by atomic mass is 35.5. The molecule has 1 rings (SSSR count). The van der Waals surface area contributed by atoms with E-state index in [-0.39, 0.29) is 6.03 Å². The van der Waals surface area contributed by atoms with Crippen LogP contribution in [0.25, 0.3) is 6.08 Å². The van der Waals surface area contributed by atoms with Crippen LogP contribution >= 0.6 is 11.6 Å². The molecule has 0 heterocycles. The van der Waals surface area contributed by atoms with Crippen molar-refractivity contribution in [3.8, 4) is 0 Å². The minimum absolute atomic E-state index is 0.259. The van der Waals surface area contributed by atoms with Gasteiger partial charge in [-0.1, -0.05) is 29.8 Å². The minimum Gasteiger partial charge on any atom is -0.334 e. The van der Waals surface area contributed by atoms with Crippen molar-refractivity contribution in [2.75, 3.05) is 6.54 Å². The fraction of sp³-hybridized carbons (Fsp3) is 0.0833. The predicted molar refractivity (Wildman–Crippen MR) is 67.2 cm³/mol. The molecule has 0 saturated carbocycles. The van der Waals surface area contributed by atoms with Crippen LogP contribution in [0.4, 0.5) is 4.79 Å². The van der Waals surface area contributed by atoms with E-state index in [1.807, 2.05) is 12.1 Å². The van der Waals surface area contributed by atoms with Crippen molar-refractivity contribution < 1.29 is 4.79 Å².